The van der Waals surface area contributed by atoms with Gasteiger partial charge in [-0.1, -0.05) is 26.0 Å². The Hall–Kier alpha value is -1.22. The number of hydrogen-bond donors (Lipinski definition) is 2. The minimum Gasteiger partial charge on any atom is -0.489 e. The molecule has 90 valence electrons. The predicted molar refractivity (Wildman–Crippen MR) is 69.2 cm³/mol. The van der Waals surface area contributed by atoms with Gasteiger partial charge in [0.2, 0.25) is 0 Å². The van der Waals surface area contributed by atoms with Crippen LogP contribution in [-0.4, -0.2) is 25.7 Å². The highest BCUT2D eigenvalue weighted by atomic mass is 16.5. The third-order valence-corrected chi connectivity index (χ3v) is 2.28. The zero-order valence-corrected chi connectivity index (χ0v) is 10.4. The smallest absolute Gasteiger partial charge is 0.142 e. The first-order valence-electron chi connectivity index (χ1n) is 5.97. The average Bonchev–Trinajstić information content (AvgIpc) is 2.31. The van der Waals surface area contributed by atoms with E-state index in [2.05, 4.69) is 31.4 Å². The standard InChI is InChI=1S/C9H11NO.C4H11N/c1-7-6-11-9-5-3-2-4-8(9)10-7;1-3-5-4-2/h2-5,7,10H,6H2,1H3;5H,3-4H2,1-2H3. The van der Waals surface area contributed by atoms with E-state index in [0.29, 0.717) is 6.04 Å². The molecule has 0 amide bonds. The Balaban J connectivity index is 0.000000221. The molecule has 0 saturated carbocycles. The van der Waals surface area contributed by atoms with Crippen molar-refractivity contribution in [2.24, 2.45) is 0 Å². The van der Waals surface area contributed by atoms with Crippen molar-refractivity contribution in [3.05, 3.63) is 24.3 Å². The maximum atomic E-state index is 5.47. The number of ether oxygens (including phenoxy) is 1. The molecular formula is C13H22N2O. The van der Waals surface area contributed by atoms with Crippen LogP contribution < -0.4 is 15.4 Å². The topological polar surface area (TPSA) is 33.3 Å². The Morgan fingerprint density at radius 2 is 2.00 bits per heavy atom. The van der Waals surface area contributed by atoms with Gasteiger partial charge in [-0.2, -0.15) is 0 Å². The second kappa shape index (κ2) is 7.12. The Labute approximate surface area is 98.2 Å². The largest absolute Gasteiger partial charge is 0.489 e. The van der Waals surface area contributed by atoms with Crippen LogP contribution in [0.3, 0.4) is 0 Å². The van der Waals surface area contributed by atoms with Gasteiger partial charge < -0.3 is 15.4 Å². The second-order valence-electron chi connectivity index (χ2n) is 3.81. The molecule has 1 aliphatic rings. The summed E-state index contributed by atoms with van der Waals surface area (Å²) in [6.45, 7) is 9.26. The first kappa shape index (κ1) is 12.8. The molecule has 0 aromatic heterocycles. The van der Waals surface area contributed by atoms with Crippen molar-refractivity contribution < 1.29 is 4.74 Å². The predicted octanol–water partition coefficient (Wildman–Crippen LogP) is 2.50. The van der Waals surface area contributed by atoms with Crippen LogP contribution in [0.1, 0.15) is 20.8 Å². The van der Waals surface area contributed by atoms with E-state index in [-0.39, 0.29) is 0 Å². The lowest BCUT2D eigenvalue weighted by molar-refractivity contribution is 0.292. The van der Waals surface area contributed by atoms with Crippen molar-refractivity contribution in [2.75, 3.05) is 25.0 Å². The Morgan fingerprint density at radius 3 is 2.62 bits per heavy atom. The van der Waals surface area contributed by atoms with Crippen LogP contribution in [0, 0.1) is 0 Å². The summed E-state index contributed by atoms with van der Waals surface area (Å²) in [5.74, 6) is 0.964. The highest BCUT2D eigenvalue weighted by Crippen LogP contribution is 2.27. The monoisotopic (exact) mass is 222 g/mol. The SMILES string of the molecule is CC1COc2ccccc2N1.CCNCC. The summed E-state index contributed by atoms with van der Waals surface area (Å²) in [5.41, 5.74) is 1.10. The van der Waals surface area contributed by atoms with Gasteiger partial charge in [0.15, 0.2) is 0 Å². The van der Waals surface area contributed by atoms with E-state index < -0.39 is 0 Å². The molecule has 2 N–H and O–H groups in total. The van der Waals surface area contributed by atoms with Crippen molar-refractivity contribution >= 4 is 5.69 Å². The molecule has 3 heteroatoms. The van der Waals surface area contributed by atoms with Crippen LogP contribution in [0.4, 0.5) is 5.69 Å². The summed E-state index contributed by atoms with van der Waals surface area (Å²) in [6, 6.07) is 8.42. The normalized spacial score (nSPS) is 17.3. The summed E-state index contributed by atoms with van der Waals surface area (Å²) in [4.78, 5) is 0. The molecule has 1 heterocycles. The van der Waals surface area contributed by atoms with Crippen LogP contribution >= 0.6 is 0 Å². The van der Waals surface area contributed by atoms with E-state index in [1.807, 2.05) is 24.3 Å². The van der Waals surface area contributed by atoms with Crippen LogP contribution in [0.2, 0.25) is 0 Å². The van der Waals surface area contributed by atoms with Gasteiger partial charge in [0, 0.05) is 0 Å². The van der Waals surface area contributed by atoms with E-state index in [1.165, 1.54) is 0 Å². The van der Waals surface area contributed by atoms with Crippen molar-refractivity contribution in [3.8, 4) is 5.75 Å². The fraction of sp³-hybridized carbons (Fsp3) is 0.538. The van der Waals surface area contributed by atoms with Crippen molar-refractivity contribution in [2.45, 2.75) is 26.8 Å². The lowest BCUT2D eigenvalue weighted by atomic mass is 10.2. The minimum absolute atomic E-state index is 0.421. The summed E-state index contributed by atoms with van der Waals surface area (Å²) in [5, 5.41) is 6.45. The third kappa shape index (κ3) is 4.11. The van der Waals surface area contributed by atoms with Gasteiger partial charge in [-0.15, -0.1) is 0 Å². The molecule has 0 aliphatic carbocycles. The number of para-hydroxylation sites is 2. The van der Waals surface area contributed by atoms with Gasteiger partial charge in [0.25, 0.3) is 0 Å². The lowest BCUT2D eigenvalue weighted by Crippen LogP contribution is -2.27. The Morgan fingerprint density at radius 1 is 1.31 bits per heavy atom. The molecule has 1 aliphatic heterocycles. The van der Waals surface area contributed by atoms with Crippen LogP contribution in [0.15, 0.2) is 24.3 Å². The van der Waals surface area contributed by atoms with E-state index in [1.54, 1.807) is 0 Å². The fourth-order valence-electron chi connectivity index (χ4n) is 1.48. The maximum Gasteiger partial charge on any atom is 0.142 e. The molecule has 0 bridgehead atoms. The van der Waals surface area contributed by atoms with Crippen LogP contribution in [0.25, 0.3) is 0 Å². The first-order chi connectivity index (χ1) is 7.77. The van der Waals surface area contributed by atoms with Crippen molar-refractivity contribution in [1.29, 1.82) is 0 Å². The molecule has 1 aromatic carbocycles. The molecule has 0 spiro atoms. The molecule has 0 fully saturated rings. The summed E-state index contributed by atoms with van der Waals surface area (Å²) in [6.07, 6.45) is 0. The fourth-order valence-corrected chi connectivity index (χ4v) is 1.48. The summed E-state index contributed by atoms with van der Waals surface area (Å²) >= 11 is 0. The summed E-state index contributed by atoms with van der Waals surface area (Å²) < 4.78 is 5.47. The molecular weight excluding hydrogens is 200 g/mol. The van der Waals surface area contributed by atoms with E-state index in [4.69, 9.17) is 4.74 Å². The number of nitrogens with one attached hydrogen (secondary N) is 2. The Kier molecular flexibility index (Phi) is 5.72. The number of rotatable bonds is 2. The number of hydrogen-bond acceptors (Lipinski definition) is 3. The molecule has 1 atom stereocenters. The van der Waals surface area contributed by atoms with Gasteiger partial charge in [0.05, 0.1) is 11.7 Å². The molecule has 16 heavy (non-hydrogen) atoms. The first-order valence-corrected chi connectivity index (χ1v) is 5.97. The molecule has 2 rings (SSSR count). The average molecular weight is 222 g/mol. The van der Waals surface area contributed by atoms with E-state index >= 15 is 0 Å². The minimum atomic E-state index is 0.421. The highest BCUT2D eigenvalue weighted by Gasteiger charge is 2.12. The third-order valence-electron chi connectivity index (χ3n) is 2.28. The van der Waals surface area contributed by atoms with Crippen LogP contribution in [-0.2, 0) is 0 Å². The number of fused-ring (bicyclic) bond motifs is 1. The van der Waals surface area contributed by atoms with Crippen molar-refractivity contribution in [1.82, 2.24) is 5.32 Å². The molecule has 0 radical (unpaired) electrons. The zero-order valence-electron chi connectivity index (χ0n) is 10.4. The van der Waals surface area contributed by atoms with Gasteiger partial charge in [-0.25, -0.2) is 0 Å². The summed E-state index contributed by atoms with van der Waals surface area (Å²) in [7, 11) is 0. The molecule has 3 nitrogen and oxygen atoms in total. The quantitative estimate of drug-likeness (QED) is 0.806. The number of benzene rings is 1. The molecule has 1 aromatic rings. The maximum absolute atomic E-state index is 5.47. The van der Waals surface area contributed by atoms with Crippen molar-refractivity contribution in [3.63, 3.8) is 0 Å². The Bertz CT molecular complexity index is 300. The molecule has 1 unspecified atom stereocenters. The van der Waals surface area contributed by atoms with Gasteiger partial charge in [-0.05, 0) is 32.1 Å². The van der Waals surface area contributed by atoms with E-state index in [9.17, 15) is 0 Å². The van der Waals surface area contributed by atoms with Gasteiger partial charge in [0.1, 0.15) is 12.4 Å². The van der Waals surface area contributed by atoms with Gasteiger partial charge >= 0.3 is 0 Å². The number of anilines is 1. The second-order valence-corrected chi connectivity index (χ2v) is 3.81. The van der Waals surface area contributed by atoms with Crippen LogP contribution in [0.5, 0.6) is 5.75 Å². The van der Waals surface area contributed by atoms with Gasteiger partial charge in [-0.3, -0.25) is 0 Å². The zero-order chi connectivity index (χ0) is 11.8. The molecule has 0 saturated heterocycles. The van der Waals surface area contributed by atoms with E-state index in [0.717, 1.165) is 31.1 Å². The highest BCUT2D eigenvalue weighted by molar-refractivity contribution is 5.57. The lowest BCUT2D eigenvalue weighted by Gasteiger charge is -2.24.